The molecule has 1 aliphatic heterocycles. The van der Waals surface area contributed by atoms with Gasteiger partial charge in [0.25, 0.3) is 0 Å². The molecule has 1 saturated heterocycles. The van der Waals surface area contributed by atoms with E-state index >= 15 is 0 Å². The highest BCUT2D eigenvalue weighted by Gasteiger charge is 2.20. The summed E-state index contributed by atoms with van der Waals surface area (Å²) in [5.74, 6) is 0. The molecule has 1 aromatic rings. The van der Waals surface area contributed by atoms with Crippen LogP contribution in [0.25, 0.3) is 0 Å². The summed E-state index contributed by atoms with van der Waals surface area (Å²) in [6.07, 6.45) is 3.36. The molecule has 1 fully saturated rings. The fourth-order valence-electron chi connectivity index (χ4n) is 1.82. The van der Waals surface area contributed by atoms with Gasteiger partial charge in [0, 0.05) is 24.5 Å². The van der Waals surface area contributed by atoms with Crippen LogP contribution < -0.4 is 5.32 Å². The molecule has 1 aliphatic rings. The van der Waals surface area contributed by atoms with Gasteiger partial charge in [-0.3, -0.25) is 4.98 Å². The molecule has 2 atom stereocenters. The van der Waals surface area contributed by atoms with Gasteiger partial charge in [0.2, 0.25) is 0 Å². The van der Waals surface area contributed by atoms with Gasteiger partial charge in [0.05, 0.1) is 12.7 Å². The van der Waals surface area contributed by atoms with Gasteiger partial charge in [-0.1, -0.05) is 6.07 Å². The third-order valence-corrected chi connectivity index (χ3v) is 2.77. The van der Waals surface area contributed by atoms with Crippen LogP contribution in [0.2, 0.25) is 0 Å². The minimum Gasteiger partial charge on any atom is -0.372 e. The predicted octanol–water partition coefficient (Wildman–Crippen LogP) is 1.66. The van der Waals surface area contributed by atoms with Crippen LogP contribution in [-0.2, 0) is 11.3 Å². The molecular weight excluding hydrogens is 188 g/mol. The lowest BCUT2D eigenvalue weighted by atomic mass is 10.2. The van der Waals surface area contributed by atoms with Crippen LogP contribution in [0.4, 0.5) is 0 Å². The minimum absolute atomic E-state index is 0.362. The molecule has 1 aromatic heterocycles. The second kappa shape index (κ2) is 4.73. The number of ether oxygens (including phenoxy) is 1. The second-order valence-corrected chi connectivity index (χ2v) is 4.29. The molecule has 2 rings (SSSR count). The van der Waals surface area contributed by atoms with E-state index in [1.165, 1.54) is 0 Å². The largest absolute Gasteiger partial charge is 0.372 e. The number of hydrogen-bond donors (Lipinski definition) is 1. The van der Waals surface area contributed by atoms with Crippen molar-refractivity contribution in [3.63, 3.8) is 0 Å². The zero-order chi connectivity index (χ0) is 10.7. The molecule has 0 aliphatic carbocycles. The predicted molar refractivity (Wildman–Crippen MR) is 59.6 cm³/mol. The number of nitrogens with one attached hydrogen (secondary N) is 1. The number of rotatable bonds is 3. The van der Waals surface area contributed by atoms with Crippen molar-refractivity contribution in [2.24, 2.45) is 0 Å². The van der Waals surface area contributed by atoms with Gasteiger partial charge < -0.3 is 10.1 Å². The zero-order valence-corrected chi connectivity index (χ0v) is 9.36. The van der Waals surface area contributed by atoms with Crippen molar-refractivity contribution in [2.75, 3.05) is 6.54 Å². The first kappa shape index (κ1) is 10.6. The summed E-state index contributed by atoms with van der Waals surface area (Å²) in [5.41, 5.74) is 2.20. The summed E-state index contributed by atoms with van der Waals surface area (Å²) in [5, 5.41) is 3.37. The highest BCUT2D eigenvalue weighted by Crippen LogP contribution is 2.12. The summed E-state index contributed by atoms with van der Waals surface area (Å²) >= 11 is 0. The summed E-state index contributed by atoms with van der Waals surface area (Å²) in [7, 11) is 0. The molecule has 15 heavy (non-hydrogen) atoms. The first-order chi connectivity index (χ1) is 7.24. The van der Waals surface area contributed by atoms with Crippen molar-refractivity contribution >= 4 is 0 Å². The van der Waals surface area contributed by atoms with Gasteiger partial charge in [-0.05, 0) is 31.9 Å². The lowest BCUT2D eigenvalue weighted by molar-refractivity contribution is 0.0527. The Morgan fingerprint density at radius 2 is 2.40 bits per heavy atom. The van der Waals surface area contributed by atoms with Crippen LogP contribution in [0.1, 0.15) is 24.6 Å². The van der Waals surface area contributed by atoms with E-state index in [0.29, 0.717) is 18.8 Å². The highest BCUT2D eigenvalue weighted by molar-refractivity contribution is 5.12. The standard InChI is InChI=1S/C12H18N2O/c1-9-3-4-11(6-13-9)8-15-12-5-10(2)14-7-12/h3-4,6,10,12,14H,5,7-8H2,1-2H3/t10-,12+/m0/s1. The smallest absolute Gasteiger partial charge is 0.0736 e. The maximum absolute atomic E-state index is 5.80. The van der Waals surface area contributed by atoms with E-state index in [0.717, 1.165) is 24.2 Å². The van der Waals surface area contributed by atoms with Gasteiger partial charge in [0.1, 0.15) is 0 Å². The quantitative estimate of drug-likeness (QED) is 0.816. The lowest BCUT2D eigenvalue weighted by Gasteiger charge is -2.10. The van der Waals surface area contributed by atoms with Gasteiger partial charge in [-0.15, -0.1) is 0 Å². The van der Waals surface area contributed by atoms with Crippen molar-refractivity contribution in [2.45, 2.75) is 39.0 Å². The van der Waals surface area contributed by atoms with Crippen LogP contribution >= 0.6 is 0 Å². The number of aromatic nitrogens is 1. The number of pyridine rings is 1. The Balaban J connectivity index is 1.80. The molecule has 1 N–H and O–H groups in total. The molecule has 0 unspecified atom stereocenters. The Hall–Kier alpha value is -0.930. The maximum Gasteiger partial charge on any atom is 0.0736 e. The summed E-state index contributed by atoms with van der Waals surface area (Å²) in [6, 6.07) is 4.69. The van der Waals surface area contributed by atoms with E-state index in [9.17, 15) is 0 Å². The van der Waals surface area contributed by atoms with E-state index < -0.39 is 0 Å². The number of nitrogens with zero attached hydrogens (tertiary/aromatic N) is 1. The van der Waals surface area contributed by atoms with E-state index in [1.54, 1.807) is 0 Å². The van der Waals surface area contributed by atoms with Gasteiger partial charge in [-0.25, -0.2) is 0 Å². The van der Waals surface area contributed by atoms with Crippen molar-refractivity contribution < 1.29 is 4.74 Å². The van der Waals surface area contributed by atoms with Gasteiger partial charge >= 0.3 is 0 Å². The second-order valence-electron chi connectivity index (χ2n) is 4.29. The van der Waals surface area contributed by atoms with E-state index in [1.807, 2.05) is 19.2 Å². The van der Waals surface area contributed by atoms with Crippen molar-refractivity contribution in [1.82, 2.24) is 10.3 Å². The molecule has 2 heterocycles. The average molecular weight is 206 g/mol. The Morgan fingerprint density at radius 3 is 3.00 bits per heavy atom. The summed E-state index contributed by atoms with van der Waals surface area (Å²) < 4.78 is 5.80. The molecule has 0 aromatic carbocycles. The number of aryl methyl sites for hydroxylation is 1. The minimum atomic E-state index is 0.362. The van der Waals surface area contributed by atoms with Crippen LogP contribution in [0.3, 0.4) is 0 Å². The molecule has 0 amide bonds. The molecule has 0 bridgehead atoms. The fourth-order valence-corrected chi connectivity index (χ4v) is 1.82. The normalized spacial score (nSPS) is 25.7. The maximum atomic E-state index is 5.80. The lowest BCUT2D eigenvalue weighted by Crippen LogP contribution is -2.18. The van der Waals surface area contributed by atoms with Crippen molar-refractivity contribution in [3.05, 3.63) is 29.6 Å². The van der Waals surface area contributed by atoms with E-state index in [4.69, 9.17) is 4.74 Å². The molecule has 3 heteroatoms. The Labute approximate surface area is 90.9 Å². The average Bonchev–Trinajstić information content (AvgIpc) is 2.64. The molecule has 0 spiro atoms. The number of hydrogen-bond acceptors (Lipinski definition) is 3. The first-order valence-electron chi connectivity index (χ1n) is 5.50. The topological polar surface area (TPSA) is 34.1 Å². The Bertz CT molecular complexity index is 310. The summed E-state index contributed by atoms with van der Waals surface area (Å²) in [4.78, 5) is 4.24. The first-order valence-corrected chi connectivity index (χ1v) is 5.50. The SMILES string of the molecule is Cc1ccc(CO[C@H]2CN[C@@H](C)C2)cn1. The Kier molecular flexibility index (Phi) is 3.34. The molecule has 0 radical (unpaired) electrons. The van der Waals surface area contributed by atoms with Crippen LogP contribution in [0.15, 0.2) is 18.3 Å². The van der Waals surface area contributed by atoms with Gasteiger partial charge in [0.15, 0.2) is 0 Å². The van der Waals surface area contributed by atoms with Crippen molar-refractivity contribution in [3.8, 4) is 0 Å². The monoisotopic (exact) mass is 206 g/mol. The van der Waals surface area contributed by atoms with Crippen molar-refractivity contribution in [1.29, 1.82) is 0 Å². The van der Waals surface area contributed by atoms with E-state index in [2.05, 4.69) is 23.3 Å². The van der Waals surface area contributed by atoms with Crippen LogP contribution in [-0.4, -0.2) is 23.7 Å². The third kappa shape index (κ3) is 3.01. The van der Waals surface area contributed by atoms with Crippen LogP contribution in [0.5, 0.6) is 0 Å². The Morgan fingerprint density at radius 1 is 1.53 bits per heavy atom. The van der Waals surface area contributed by atoms with E-state index in [-0.39, 0.29) is 0 Å². The zero-order valence-electron chi connectivity index (χ0n) is 9.36. The molecule has 3 nitrogen and oxygen atoms in total. The highest BCUT2D eigenvalue weighted by atomic mass is 16.5. The molecule has 82 valence electrons. The molecule has 0 saturated carbocycles. The van der Waals surface area contributed by atoms with Crippen LogP contribution in [0, 0.1) is 6.92 Å². The molecular formula is C12H18N2O. The van der Waals surface area contributed by atoms with Gasteiger partial charge in [-0.2, -0.15) is 0 Å². The fraction of sp³-hybridized carbons (Fsp3) is 0.583. The summed E-state index contributed by atoms with van der Waals surface area (Å²) in [6.45, 7) is 5.83. The third-order valence-electron chi connectivity index (χ3n) is 2.77.